The first-order valence-electron chi connectivity index (χ1n) is 9.40. The number of hydrogen-bond acceptors (Lipinski definition) is 5. The van der Waals surface area contributed by atoms with Crippen LogP contribution in [0.1, 0.15) is 37.0 Å². The lowest BCUT2D eigenvalue weighted by molar-refractivity contribution is -0.274. The van der Waals surface area contributed by atoms with Gasteiger partial charge in [0.25, 0.3) is 0 Å². The van der Waals surface area contributed by atoms with Gasteiger partial charge in [0.05, 0.1) is 17.8 Å². The van der Waals surface area contributed by atoms with Crippen molar-refractivity contribution in [2.75, 3.05) is 0 Å². The van der Waals surface area contributed by atoms with Gasteiger partial charge in [0, 0.05) is 11.5 Å². The van der Waals surface area contributed by atoms with E-state index in [1.165, 1.54) is 22.8 Å². The molecular weight excluding hydrogens is 431 g/mol. The number of halogens is 3. The largest absolute Gasteiger partial charge is 0.573 e. The Morgan fingerprint density at radius 3 is 2.47 bits per heavy atom. The van der Waals surface area contributed by atoms with Gasteiger partial charge in [-0.3, -0.25) is 4.57 Å². The topological polar surface area (TPSA) is 103 Å². The zero-order valence-corrected chi connectivity index (χ0v) is 17.4. The van der Waals surface area contributed by atoms with Crippen LogP contribution in [-0.2, 0) is 11.3 Å². The second-order valence-electron chi connectivity index (χ2n) is 7.78. The van der Waals surface area contributed by atoms with Crippen molar-refractivity contribution in [2.24, 2.45) is 0 Å². The molecule has 8 nitrogen and oxygen atoms in total. The molecule has 32 heavy (non-hydrogen) atoms. The van der Waals surface area contributed by atoms with E-state index < -0.39 is 29.8 Å². The first kappa shape index (κ1) is 22.9. The summed E-state index contributed by atoms with van der Waals surface area (Å²) in [5.74, 6) is -1.65. The highest BCUT2D eigenvalue weighted by Gasteiger charge is 2.31. The minimum absolute atomic E-state index is 0.00715. The minimum Gasteiger partial charge on any atom is -0.477 e. The quantitative estimate of drug-likeness (QED) is 0.586. The number of hydrogen-bond donors (Lipinski definition) is 2. The van der Waals surface area contributed by atoms with Gasteiger partial charge in [0.15, 0.2) is 0 Å². The fourth-order valence-electron chi connectivity index (χ4n) is 2.95. The summed E-state index contributed by atoms with van der Waals surface area (Å²) in [6.45, 7) is 5.14. The van der Waals surface area contributed by atoms with Gasteiger partial charge in [-0.1, -0.05) is 6.07 Å². The monoisotopic (exact) mass is 451 g/mol. The lowest BCUT2D eigenvalue weighted by Gasteiger charge is -2.19. The van der Waals surface area contributed by atoms with E-state index in [2.05, 4.69) is 15.0 Å². The summed E-state index contributed by atoms with van der Waals surface area (Å²) < 4.78 is 48.2. The van der Waals surface area contributed by atoms with Gasteiger partial charge in [-0.05, 0) is 51.1 Å². The van der Waals surface area contributed by atoms with Crippen molar-refractivity contribution < 1.29 is 37.3 Å². The molecule has 2 aromatic heterocycles. The molecule has 2 N–H and O–H groups in total. The number of alkyl carbamates (subject to hydrolysis) is 1. The van der Waals surface area contributed by atoms with E-state index in [9.17, 15) is 27.9 Å². The van der Waals surface area contributed by atoms with Crippen LogP contribution in [0.25, 0.3) is 16.7 Å². The van der Waals surface area contributed by atoms with Crippen molar-refractivity contribution in [3.63, 3.8) is 0 Å². The number of amides is 1. The second kappa shape index (κ2) is 8.40. The fraction of sp³-hybridized carbons (Fsp3) is 0.286. The zero-order valence-electron chi connectivity index (χ0n) is 17.4. The summed E-state index contributed by atoms with van der Waals surface area (Å²) in [7, 11) is 0. The highest BCUT2D eigenvalue weighted by Crippen LogP contribution is 2.30. The number of carboxylic acids is 1. The van der Waals surface area contributed by atoms with Crippen LogP contribution in [0, 0.1) is 0 Å². The Bertz CT molecular complexity index is 1170. The van der Waals surface area contributed by atoms with E-state index >= 15 is 0 Å². The van der Waals surface area contributed by atoms with Crippen LogP contribution >= 0.6 is 0 Å². The Balaban J connectivity index is 1.98. The number of nitrogens with one attached hydrogen (secondary N) is 1. The Kier molecular flexibility index (Phi) is 6.02. The summed E-state index contributed by atoms with van der Waals surface area (Å²) in [6, 6.07) is 9.52. The van der Waals surface area contributed by atoms with Crippen LogP contribution in [-0.4, -0.2) is 38.7 Å². The third-order valence-corrected chi connectivity index (χ3v) is 4.06. The number of fused-ring (bicyclic) bond motifs is 1. The molecule has 0 saturated carbocycles. The molecule has 2 heterocycles. The van der Waals surface area contributed by atoms with Crippen molar-refractivity contribution in [3.8, 4) is 11.6 Å². The molecule has 1 aromatic carbocycles. The van der Waals surface area contributed by atoms with E-state index in [1.54, 1.807) is 32.9 Å². The number of rotatable bonds is 5. The van der Waals surface area contributed by atoms with Crippen molar-refractivity contribution in [1.29, 1.82) is 0 Å². The molecule has 3 rings (SSSR count). The lowest BCUT2D eigenvalue weighted by Crippen LogP contribution is -2.32. The van der Waals surface area contributed by atoms with Gasteiger partial charge < -0.3 is 19.9 Å². The third-order valence-electron chi connectivity index (χ3n) is 4.06. The smallest absolute Gasteiger partial charge is 0.477 e. The van der Waals surface area contributed by atoms with Gasteiger partial charge in [0.2, 0.25) is 0 Å². The van der Waals surface area contributed by atoms with Gasteiger partial charge in [-0.15, -0.1) is 13.2 Å². The fourth-order valence-corrected chi connectivity index (χ4v) is 2.95. The summed E-state index contributed by atoms with van der Waals surface area (Å²) in [4.78, 5) is 28.0. The van der Waals surface area contributed by atoms with Crippen LogP contribution < -0.4 is 10.1 Å². The van der Waals surface area contributed by atoms with E-state index in [4.69, 9.17) is 4.74 Å². The molecule has 0 atom stereocenters. The van der Waals surface area contributed by atoms with Gasteiger partial charge >= 0.3 is 18.4 Å². The molecule has 0 radical (unpaired) electrons. The van der Waals surface area contributed by atoms with E-state index in [0.717, 1.165) is 12.1 Å². The Hall–Kier alpha value is -3.76. The van der Waals surface area contributed by atoms with E-state index in [0.29, 0.717) is 11.1 Å². The molecular formula is C21H20F3N3O5. The van der Waals surface area contributed by atoms with E-state index in [1.807, 2.05) is 0 Å². The summed E-state index contributed by atoms with van der Waals surface area (Å²) >= 11 is 0. The maximum absolute atomic E-state index is 12.6. The summed E-state index contributed by atoms with van der Waals surface area (Å²) in [6.07, 6.45) is -5.55. The molecule has 0 saturated heterocycles. The molecule has 3 aromatic rings. The number of carbonyl (C=O) groups excluding carboxylic acids is 1. The molecule has 0 spiro atoms. The standard InChI is InChI=1S/C21H20F3N3O5/c1-20(2,3)32-19(30)25-11-13-5-4-6-17(26-13)27-15-10-14(31-21(22,23)24)8-7-12(15)9-16(27)18(28)29/h4-10H,11H2,1-3H3,(H,25,30)(H,28,29). The number of benzene rings is 1. The normalized spacial score (nSPS) is 11.9. The number of ether oxygens (including phenoxy) is 2. The van der Waals surface area contributed by atoms with Gasteiger partial charge in [-0.2, -0.15) is 0 Å². The van der Waals surface area contributed by atoms with Gasteiger partial charge in [-0.25, -0.2) is 14.6 Å². The number of carbonyl (C=O) groups is 2. The van der Waals surface area contributed by atoms with Crippen molar-refractivity contribution in [3.05, 3.63) is 53.9 Å². The molecule has 0 aliphatic carbocycles. The van der Waals surface area contributed by atoms with Crippen LogP contribution in [0.4, 0.5) is 18.0 Å². The average molecular weight is 451 g/mol. The Labute approximate surface area is 180 Å². The number of aromatic carboxylic acids is 1. The van der Waals surface area contributed by atoms with Crippen molar-refractivity contribution >= 4 is 23.0 Å². The average Bonchev–Trinajstić information content (AvgIpc) is 3.03. The number of pyridine rings is 1. The summed E-state index contributed by atoms with van der Waals surface area (Å²) in [5.41, 5.74) is -0.340. The molecule has 0 fully saturated rings. The molecule has 0 unspecified atom stereocenters. The molecule has 11 heteroatoms. The first-order chi connectivity index (χ1) is 14.8. The number of nitrogens with zero attached hydrogens (tertiary/aromatic N) is 2. The van der Waals surface area contributed by atoms with Crippen molar-refractivity contribution in [2.45, 2.75) is 39.3 Å². The Morgan fingerprint density at radius 2 is 1.84 bits per heavy atom. The predicted octanol–water partition coefficient (Wildman–Crippen LogP) is 4.65. The molecule has 1 amide bonds. The highest BCUT2D eigenvalue weighted by atomic mass is 19.4. The van der Waals surface area contributed by atoms with Crippen LogP contribution in [0.3, 0.4) is 0 Å². The molecule has 0 aliphatic heterocycles. The zero-order chi connectivity index (χ0) is 23.7. The van der Waals surface area contributed by atoms with Crippen LogP contribution in [0.5, 0.6) is 5.75 Å². The van der Waals surface area contributed by atoms with E-state index in [-0.39, 0.29) is 23.6 Å². The summed E-state index contributed by atoms with van der Waals surface area (Å²) in [5, 5.41) is 12.5. The van der Waals surface area contributed by atoms with Gasteiger partial charge in [0.1, 0.15) is 22.9 Å². The van der Waals surface area contributed by atoms with Crippen molar-refractivity contribution in [1.82, 2.24) is 14.9 Å². The third kappa shape index (κ3) is 5.68. The maximum atomic E-state index is 12.6. The Morgan fingerprint density at radius 1 is 1.12 bits per heavy atom. The second-order valence-corrected chi connectivity index (χ2v) is 7.78. The van der Waals surface area contributed by atoms with Crippen LogP contribution in [0.15, 0.2) is 42.5 Å². The SMILES string of the molecule is CC(C)(C)OC(=O)NCc1cccc(-n2c(C(=O)O)cc3ccc(OC(F)(F)F)cc32)n1. The molecule has 0 bridgehead atoms. The molecule has 170 valence electrons. The highest BCUT2D eigenvalue weighted by molar-refractivity contribution is 5.96. The minimum atomic E-state index is -4.90. The maximum Gasteiger partial charge on any atom is 0.573 e. The lowest BCUT2D eigenvalue weighted by atomic mass is 10.2. The number of carboxylic acid groups (broad SMARTS) is 1. The predicted molar refractivity (Wildman–Crippen MR) is 108 cm³/mol. The molecule has 0 aliphatic rings. The number of aromatic nitrogens is 2. The first-order valence-corrected chi connectivity index (χ1v) is 9.40. The number of alkyl halides is 3. The van der Waals surface area contributed by atoms with Crippen LogP contribution in [0.2, 0.25) is 0 Å².